The van der Waals surface area contributed by atoms with Crippen LogP contribution in [0.15, 0.2) is 57.5 Å². The monoisotopic (exact) mass is 797 g/mol. The van der Waals surface area contributed by atoms with Crippen LogP contribution in [0.1, 0.15) is 118 Å². The van der Waals surface area contributed by atoms with Crippen molar-refractivity contribution in [2.45, 2.75) is 118 Å². The van der Waals surface area contributed by atoms with Gasteiger partial charge in [-0.3, -0.25) is 0 Å². The third-order valence-corrected chi connectivity index (χ3v) is 11.0. The summed E-state index contributed by atoms with van der Waals surface area (Å²) in [6, 6.07) is 6.37. The molecule has 58 heavy (non-hydrogen) atoms. The van der Waals surface area contributed by atoms with Gasteiger partial charge >= 0.3 is 23.9 Å². The zero-order valence-corrected chi connectivity index (χ0v) is 34.8. The van der Waals surface area contributed by atoms with Gasteiger partial charge in [-0.05, 0) is 112 Å². The number of likely N-dealkylation sites (tertiary alicyclic amines) is 2. The maximum atomic E-state index is 13.7. The summed E-state index contributed by atoms with van der Waals surface area (Å²) in [6.45, 7) is 14.6. The number of allylic oxidation sites excluding steroid dienone is 4. The molecule has 2 saturated heterocycles. The van der Waals surface area contributed by atoms with E-state index in [4.69, 9.17) is 18.9 Å². The van der Waals surface area contributed by atoms with E-state index in [0.29, 0.717) is 61.7 Å². The summed E-state index contributed by atoms with van der Waals surface area (Å²) in [5.74, 6) is -2.87. The van der Waals surface area contributed by atoms with E-state index in [9.17, 15) is 35.0 Å². The minimum Gasteiger partial charge on any atom is -0.462 e. The van der Waals surface area contributed by atoms with Crippen molar-refractivity contribution in [2.75, 3.05) is 52.6 Å². The largest absolute Gasteiger partial charge is 0.462 e. The van der Waals surface area contributed by atoms with E-state index in [0.717, 1.165) is 82.2 Å². The highest BCUT2D eigenvalue weighted by Gasteiger charge is 2.40. The van der Waals surface area contributed by atoms with E-state index in [2.05, 4.69) is 36.3 Å². The summed E-state index contributed by atoms with van der Waals surface area (Å²) in [5, 5.41) is 30.5. The second-order valence-electron chi connectivity index (χ2n) is 17.0. The molecule has 0 saturated carbocycles. The second-order valence-corrected chi connectivity index (χ2v) is 17.0. The molecule has 13 heteroatoms. The molecule has 0 atom stereocenters. The van der Waals surface area contributed by atoms with E-state index in [-0.39, 0.29) is 60.4 Å². The molecule has 4 aliphatic rings. The number of carbonyl (C=O) groups is 4. The molecular weight excluding hydrogens is 739 g/mol. The number of unbranched alkanes of at least 4 members (excludes halogenated alkanes) is 3. The lowest BCUT2D eigenvalue weighted by molar-refractivity contribution is -0.146. The lowest BCUT2D eigenvalue weighted by Crippen LogP contribution is -2.37. The fraction of sp³-hybridized carbons (Fsp3) is 0.622. The topological polar surface area (TPSA) is 183 Å². The normalized spacial score (nSPS) is 20.8. The summed E-state index contributed by atoms with van der Waals surface area (Å²) in [7, 11) is 0. The van der Waals surface area contributed by atoms with Crippen LogP contribution in [0.25, 0.3) is 0 Å². The van der Waals surface area contributed by atoms with E-state index >= 15 is 0 Å². The van der Waals surface area contributed by atoms with Crippen LogP contribution in [0.2, 0.25) is 0 Å². The lowest BCUT2D eigenvalue weighted by Gasteiger charge is -2.41. The van der Waals surface area contributed by atoms with Crippen molar-refractivity contribution in [1.82, 2.24) is 9.80 Å². The highest BCUT2D eigenvalue weighted by Crippen LogP contribution is 2.46. The van der Waals surface area contributed by atoms with Crippen molar-refractivity contribution in [3.05, 3.63) is 57.5 Å². The number of hydrogen-bond donors (Lipinski definition) is 0. The van der Waals surface area contributed by atoms with Crippen LogP contribution in [0.4, 0.5) is 0 Å². The molecule has 13 nitrogen and oxygen atoms in total. The number of nitriles is 3. The van der Waals surface area contributed by atoms with Gasteiger partial charge in [0.15, 0.2) is 0 Å². The number of carbonyl (C=O) groups excluding carboxylic acids is 4. The zero-order valence-electron chi connectivity index (χ0n) is 34.8. The maximum absolute atomic E-state index is 13.7. The molecule has 4 rings (SSSR count). The minimum absolute atomic E-state index is 0.0424. The highest BCUT2D eigenvalue weighted by atomic mass is 16.6. The van der Waals surface area contributed by atoms with Gasteiger partial charge in [0.2, 0.25) is 0 Å². The van der Waals surface area contributed by atoms with Crippen molar-refractivity contribution in [2.24, 2.45) is 10.8 Å². The van der Waals surface area contributed by atoms with Gasteiger partial charge in [0.25, 0.3) is 0 Å². The summed E-state index contributed by atoms with van der Waals surface area (Å²) in [5.41, 5.74) is 2.10. The molecule has 0 radical (unpaired) electrons. The molecule has 2 aliphatic heterocycles. The summed E-state index contributed by atoms with van der Waals surface area (Å²) in [6.07, 6.45) is 11.5. The summed E-state index contributed by atoms with van der Waals surface area (Å²) in [4.78, 5) is 56.2. The van der Waals surface area contributed by atoms with Crippen molar-refractivity contribution >= 4 is 23.9 Å². The third kappa shape index (κ3) is 12.3. The zero-order chi connectivity index (χ0) is 42.3. The Morgan fingerprint density at radius 3 is 1.59 bits per heavy atom. The van der Waals surface area contributed by atoms with Gasteiger partial charge < -0.3 is 28.7 Å². The molecule has 0 spiro atoms. The smallest absolute Gasteiger partial charge is 0.349 e. The molecule has 0 aromatic carbocycles. The molecular formula is C45H59N5O8. The maximum Gasteiger partial charge on any atom is 0.349 e. The lowest BCUT2D eigenvalue weighted by atomic mass is 9.72. The van der Waals surface area contributed by atoms with E-state index in [1.54, 1.807) is 0 Å². The Bertz CT molecular complexity index is 1840. The van der Waals surface area contributed by atoms with Crippen LogP contribution in [0.5, 0.6) is 0 Å². The van der Waals surface area contributed by atoms with Gasteiger partial charge in [0.05, 0.1) is 24.4 Å². The number of piperidine rings is 2. The molecule has 0 aromatic rings. The molecule has 2 aliphatic carbocycles. The first-order chi connectivity index (χ1) is 27.8. The first kappa shape index (κ1) is 45.4. The molecule has 0 aromatic heterocycles. The van der Waals surface area contributed by atoms with Crippen molar-refractivity contribution in [3.8, 4) is 18.2 Å². The van der Waals surface area contributed by atoms with Crippen molar-refractivity contribution < 1.29 is 38.1 Å². The van der Waals surface area contributed by atoms with Crippen LogP contribution < -0.4 is 0 Å². The predicted octanol–water partition coefficient (Wildman–Crippen LogP) is 7.19. The SMILES string of the molecule is C=CC(=O)OCCOC(=O)C1=C(N2CCCCC2)CC(C)(C)C/C1=C(/C#N)C(=O)OCCCCCCOC(=O)/C(C#N)=C1\CC(C)(C)CC(N2CCCCC2)=C1C#N. The molecule has 0 amide bonds. The fourth-order valence-corrected chi connectivity index (χ4v) is 8.27. The van der Waals surface area contributed by atoms with Gasteiger partial charge in [-0.2, -0.15) is 15.8 Å². The van der Waals surface area contributed by atoms with Crippen LogP contribution in [-0.4, -0.2) is 86.3 Å². The molecule has 2 fully saturated rings. The number of hydrogen-bond acceptors (Lipinski definition) is 13. The van der Waals surface area contributed by atoms with Crippen LogP contribution in [0, 0.1) is 44.8 Å². The first-order valence-electron chi connectivity index (χ1n) is 20.7. The van der Waals surface area contributed by atoms with Gasteiger partial charge in [-0.25, -0.2) is 19.2 Å². The molecule has 312 valence electrons. The molecule has 0 unspecified atom stereocenters. The molecule has 0 N–H and O–H groups in total. The Balaban J connectivity index is 1.36. The van der Waals surface area contributed by atoms with E-state index in [1.807, 2.05) is 26.0 Å². The first-order valence-corrected chi connectivity index (χ1v) is 20.7. The minimum atomic E-state index is -0.815. The Morgan fingerprint density at radius 1 is 0.621 bits per heavy atom. The van der Waals surface area contributed by atoms with Crippen LogP contribution in [0.3, 0.4) is 0 Å². The fourth-order valence-electron chi connectivity index (χ4n) is 8.27. The van der Waals surface area contributed by atoms with Gasteiger partial charge in [0, 0.05) is 43.6 Å². The Kier molecular flexibility index (Phi) is 16.7. The van der Waals surface area contributed by atoms with Gasteiger partial charge in [-0.15, -0.1) is 0 Å². The number of nitrogens with zero attached hydrogens (tertiary/aromatic N) is 5. The second kappa shape index (κ2) is 21.4. The van der Waals surface area contributed by atoms with Crippen LogP contribution in [-0.2, 0) is 38.1 Å². The average molecular weight is 798 g/mol. The quantitative estimate of drug-likeness (QED) is 0.0503. The highest BCUT2D eigenvalue weighted by molar-refractivity contribution is 6.01. The Morgan fingerprint density at radius 2 is 1.09 bits per heavy atom. The summed E-state index contributed by atoms with van der Waals surface area (Å²) >= 11 is 0. The predicted molar refractivity (Wildman–Crippen MR) is 214 cm³/mol. The van der Waals surface area contributed by atoms with Gasteiger partial charge in [-0.1, -0.05) is 34.3 Å². The van der Waals surface area contributed by atoms with Crippen molar-refractivity contribution in [3.63, 3.8) is 0 Å². The van der Waals surface area contributed by atoms with Crippen molar-refractivity contribution in [1.29, 1.82) is 15.8 Å². The van der Waals surface area contributed by atoms with E-state index in [1.165, 1.54) is 0 Å². The van der Waals surface area contributed by atoms with E-state index < -0.39 is 23.9 Å². The number of ether oxygens (including phenoxy) is 4. The molecule has 0 bridgehead atoms. The number of esters is 4. The Labute approximate surface area is 343 Å². The standard InChI is InChI=1S/C45H59N5O8/c1-6-39(51)55-23-24-58-43(54)40-33(26-45(4,5)28-38(40)50-19-13-10-14-20-50)36(31-48)42(53)57-22-16-8-7-15-21-56-41(52)35(30-47)32-25-44(2,3)27-37(34(32)29-46)49-17-11-9-12-18-49/h6H,1,7-28H2,2-5H3/b35-32+,36-33+. The Hall–Kier alpha value is -5.35. The summed E-state index contributed by atoms with van der Waals surface area (Å²) < 4.78 is 21.6. The number of rotatable bonds is 16. The van der Waals surface area contributed by atoms with Crippen LogP contribution >= 0.6 is 0 Å². The molecule has 2 heterocycles. The average Bonchev–Trinajstić information content (AvgIpc) is 3.20. The van der Waals surface area contributed by atoms with Gasteiger partial charge in [0.1, 0.15) is 42.6 Å². The third-order valence-electron chi connectivity index (χ3n) is 11.0.